The number of ether oxygens (including phenoxy) is 1. The van der Waals surface area contributed by atoms with Crippen molar-refractivity contribution in [2.75, 3.05) is 32.8 Å². The zero-order valence-electron chi connectivity index (χ0n) is 15.3. The van der Waals surface area contributed by atoms with Crippen LogP contribution >= 0.6 is 0 Å². The Morgan fingerprint density at radius 3 is 2.50 bits per heavy atom. The maximum absolute atomic E-state index is 13.7. The van der Waals surface area contributed by atoms with Crippen LogP contribution in [0.1, 0.15) is 26.3 Å². The Balaban J connectivity index is 1.76. The van der Waals surface area contributed by atoms with E-state index in [-0.39, 0.29) is 17.8 Å². The molecule has 1 aromatic heterocycles. The van der Waals surface area contributed by atoms with Gasteiger partial charge in [-0.1, -0.05) is 0 Å². The molecule has 6 nitrogen and oxygen atoms in total. The zero-order chi connectivity index (χ0) is 18.9. The lowest BCUT2D eigenvalue weighted by atomic mass is 9.82. The first-order valence-corrected chi connectivity index (χ1v) is 8.82. The summed E-state index contributed by atoms with van der Waals surface area (Å²) in [6.07, 6.45) is 1.43. The Kier molecular flexibility index (Phi) is 4.89. The first-order valence-electron chi connectivity index (χ1n) is 8.82. The Morgan fingerprint density at radius 1 is 1.19 bits per heavy atom. The van der Waals surface area contributed by atoms with Crippen LogP contribution in [0.4, 0.5) is 9.18 Å². The number of carbonyl (C=O) groups is 2. The molecule has 26 heavy (non-hydrogen) atoms. The van der Waals surface area contributed by atoms with E-state index in [4.69, 9.17) is 4.74 Å². The highest BCUT2D eigenvalue weighted by Crippen LogP contribution is 2.32. The summed E-state index contributed by atoms with van der Waals surface area (Å²) in [5.74, 6) is -0.365. The quantitative estimate of drug-likeness (QED) is 0.914. The van der Waals surface area contributed by atoms with Crippen LogP contribution in [0.25, 0.3) is 10.9 Å². The molecule has 0 radical (unpaired) electrons. The number of halogens is 1. The lowest BCUT2D eigenvalue weighted by Gasteiger charge is -2.38. The number of benzene rings is 1. The highest BCUT2D eigenvalue weighted by atomic mass is 19.1. The van der Waals surface area contributed by atoms with Crippen LogP contribution in [-0.2, 0) is 14.9 Å². The summed E-state index contributed by atoms with van der Waals surface area (Å²) in [5.41, 5.74) is 0.761. The molecule has 0 atom stereocenters. The third kappa shape index (κ3) is 3.25. The van der Waals surface area contributed by atoms with E-state index < -0.39 is 5.41 Å². The summed E-state index contributed by atoms with van der Waals surface area (Å²) >= 11 is 0. The van der Waals surface area contributed by atoms with Gasteiger partial charge in [-0.25, -0.2) is 9.18 Å². The summed E-state index contributed by atoms with van der Waals surface area (Å²) < 4.78 is 18.7. The second-order valence-corrected chi connectivity index (χ2v) is 7.00. The molecule has 1 aliphatic heterocycles. The molecule has 140 valence electrons. The third-order valence-electron chi connectivity index (χ3n) is 4.94. The Bertz CT molecular complexity index is 823. The van der Waals surface area contributed by atoms with Gasteiger partial charge in [-0.15, -0.1) is 0 Å². The molecule has 7 heteroatoms. The van der Waals surface area contributed by atoms with Gasteiger partial charge in [-0.2, -0.15) is 0 Å². The highest BCUT2D eigenvalue weighted by molar-refractivity contribution is 5.94. The molecule has 0 saturated carbocycles. The minimum Gasteiger partial charge on any atom is -0.450 e. The van der Waals surface area contributed by atoms with Gasteiger partial charge in [0.25, 0.3) is 0 Å². The first-order chi connectivity index (χ1) is 12.3. The SMILES string of the molecule is CCOC(=O)N1CCN(C(=O)C(C)(C)c2c[nH]c3ccc(F)cc23)CC1. The molecule has 1 aliphatic rings. The van der Waals surface area contributed by atoms with Crippen molar-refractivity contribution in [3.05, 3.63) is 35.8 Å². The van der Waals surface area contributed by atoms with Crippen LogP contribution < -0.4 is 0 Å². The third-order valence-corrected chi connectivity index (χ3v) is 4.94. The van der Waals surface area contributed by atoms with Crippen molar-refractivity contribution in [1.29, 1.82) is 0 Å². The van der Waals surface area contributed by atoms with Gasteiger partial charge < -0.3 is 19.5 Å². The van der Waals surface area contributed by atoms with E-state index in [1.54, 1.807) is 29.0 Å². The van der Waals surface area contributed by atoms with Crippen LogP contribution in [0.2, 0.25) is 0 Å². The number of aromatic amines is 1. The number of hydrogen-bond acceptors (Lipinski definition) is 3. The monoisotopic (exact) mass is 361 g/mol. The van der Waals surface area contributed by atoms with Crippen LogP contribution in [0.5, 0.6) is 0 Å². The maximum Gasteiger partial charge on any atom is 0.409 e. The van der Waals surface area contributed by atoms with E-state index >= 15 is 0 Å². The fourth-order valence-corrected chi connectivity index (χ4v) is 3.43. The maximum atomic E-state index is 13.7. The molecular formula is C19H24FN3O3. The molecule has 2 aromatic rings. The number of nitrogens with zero attached hydrogens (tertiary/aromatic N) is 2. The molecule has 0 aliphatic carbocycles. The molecule has 0 spiro atoms. The summed E-state index contributed by atoms with van der Waals surface area (Å²) in [5, 5.41) is 0.716. The van der Waals surface area contributed by atoms with Crippen molar-refractivity contribution in [3.63, 3.8) is 0 Å². The van der Waals surface area contributed by atoms with Crippen LogP contribution in [0, 0.1) is 5.82 Å². The molecule has 1 N–H and O–H groups in total. The van der Waals surface area contributed by atoms with E-state index in [2.05, 4.69) is 4.98 Å². The molecule has 2 amide bonds. The van der Waals surface area contributed by atoms with E-state index in [1.807, 2.05) is 13.8 Å². The van der Waals surface area contributed by atoms with Gasteiger partial charge in [0.2, 0.25) is 5.91 Å². The van der Waals surface area contributed by atoms with Crippen molar-refractivity contribution in [2.24, 2.45) is 0 Å². The van der Waals surface area contributed by atoms with Crippen LogP contribution in [-0.4, -0.2) is 59.6 Å². The zero-order valence-corrected chi connectivity index (χ0v) is 15.3. The largest absolute Gasteiger partial charge is 0.450 e. The van der Waals surface area contributed by atoms with Gasteiger partial charge in [-0.3, -0.25) is 4.79 Å². The van der Waals surface area contributed by atoms with Gasteiger partial charge in [-0.05, 0) is 44.5 Å². The number of carbonyl (C=O) groups excluding carboxylic acids is 2. The lowest BCUT2D eigenvalue weighted by Crippen LogP contribution is -2.54. The Labute approximate surface area is 151 Å². The fraction of sp³-hybridized carbons (Fsp3) is 0.474. The number of fused-ring (bicyclic) bond motifs is 1. The fourth-order valence-electron chi connectivity index (χ4n) is 3.43. The summed E-state index contributed by atoms with van der Waals surface area (Å²) in [4.78, 5) is 31.4. The molecule has 3 rings (SSSR count). The summed E-state index contributed by atoms with van der Waals surface area (Å²) in [6.45, 7) is 7.61. The summed E-state index contributed by atoms with van der Waals surface area (Å²) in [6, 6.07) is 4.52. The molecule has 0 bridgehead atoms. The minimum absolute atomic E-state index is 0.0360. The van der Waals surface area contributed by atoms with Crippen molar-refractivity contribution < 1.29 is 18.7 Å². The number of aromatic nitrogens is 1. The minimum atomic E-state index is -0.807. The topological polar surface area (TPSA) is 65.6 Å². The van der Waals surface area contributed by atoms with Gasteiger partial charge in [0.05, 0.1) is 12.0 Å². The predicted molar refractivity (Wildman–Crippen MR) is 96.5 cm³/mol. The standard InChI is InChI=1S/C19H24FN3O3/c1-4-26-18(25)23-9-7-22(8-10-23)17(24)19(2,3)15-12-21-16-6-5-13(20)11-14(15)16/h5-6,11-12,21H,4,7-10H2,1-3H3. The van der Waals surface area contributed by atoms with Crippen LogP contribution in [0.15, 0.2) is 24.4 Å². The number of amides is 2. The van der Waals surface area contributed by atoms with Gasteiger partial charge in [0.15, 0.2) is 0 Å². The molecule has 1 fully saturated rings. The Morgan fingerprint density at radius 2 is 1.85 bits per heavy atom. The normalized spacial score (nSPS) is 15.4. The number of nitrogens with one attached hydrogen (secondary N) is 1. The lowest BCUT2D eigenvalue weighted by molar-refractivity contribution is -0.137. The van der Waals surface area contributed by atoms with Crippen molar-refractivity contribution in [2.45, 2.75) is 26.2 Å². The molecule has 1 aromatic carbocycles. The van der Waals surface area contributed by atoms with E-state index in [9.17, 15) is 14.0 Å². The smallest absolute Gasteiger partial charge is 0.409 e. The molecule has 1 saturated heterocycles. The molecule has 2 heterocycles. The molecular weight excluding hydrogens is 337 g/mol. The van der Waals surface area contributed by atoms with Gasteiger partial charge in [0.1, 0.15) is 5.82 Å². The average Bonchev–Trinajstić information content (AvgIpc) is 3.05. The van der Waals surface area contributed by atoms with E-state index in [0.717, 1.165) is 11.1 Å². The number of rotatable bonds is 3. The summed E-state index contributed by atoms with van der Waals surface area (Å²) in [7, 11) is 0. The van der Waals surface area contributed by atoms with Gasteiger partial charge in [0, 0.05) is 43.3 Å². The van der Waals surface area contributed by atoms with E-state index in [1.165, 1.54) is 12.1 Å². The van der Waals surface area contributed by atoms with Crippen molar-refractivity contribution >= 4 is 22.9 Å². The predicted octanol–water partition coefficient (Wildman–Crippen LogP) is 2.89. The number of hydrogen-bond donors (Lipinski definition) is 1. The highest BCUT2D eigenvalue weighted by Gasteiger charge is 2.37. The van der Waals surface area contributed by atoms with Crippen molar-refractivity contribution in [1.82, 2.24) is 14.8 Å². The average molecular weight is 361 g/mol. The van der Waals surface area contributed by atoms with Gasteiger partial charge >= 0.3 is 6.09 Å². The Hall–Kier alpha value is -2.57. The van der Waals surface area contributed by atoms with E-state index in [0.29, 0.717) is 38.2 Å². The second kappa shape index (κ2) is 6.97. The number of piperazine rings is 1. The van der Waals surface area contributed by atoms with Crippen molar-refractivity contribution in [3.8, 4) is 0 Å². The second-order valence-electron chi connectivity index (χ2n) is 7.00. The molecule has 0 unspecified atom stereocenters. The number of H-pyrrole nitrogens is 1. The first kappa shape index (κ1) is 18.2. The van der Waals surface area contributed by atoms with Crippen LogP contribution in [0.3, 0.4) is 0 Å².